The van der Waals surface area contributed by atoms with Crippen molar-refractivity contribution in [3.63, 3.8) is 0 Å². The standard InChI is InChI=1S/C17H32N2O2/c1-17(2,14-19-9-5-3-4-6-10-19)18-16(20)12-15-8-7-11-21-13-15/h15H,3-14H2,1-2H3,(H,18,20)/t15-/m1/s1. The highest BCUT2D eigenvalue weighted by molar-refractivity contribution is 5.77. The van der Waals surface area contributed by atoms with Gasteiger partial charge in [-0.2, -0.15) is 0 Å². The van der Waals surface area contributed by atoms with Crippen LogP contribution in [0.4, 0.5) is 0 Å². The zero-order valence-corrected chi connectivity index (χ0v) is 13.8. The van der Waals surface area contributed by atoms with Gasteiger partial charge < -0.3 is 15.0 Å². The van der Waals surface area contributed by atoms with Gasteiger partial charge in [-0.1, -0.05) is 12.8 Å². The molecule has 2 rings (SSSR count). The predicted molar refractivity (Wildman–Crippen MR) is 85.3 cm³/mol. The number of likely N-dealkylation sites (tertiary alicyclic amines) is 1. The largest absolute Gasteiger partial charge is 0.381 e. The van der Waals surface area contributed by atoms with E-state index in [1.807, 2.05) is 0 Å². The number of hydrogen-bond donors (Lipinski definition) is 1. The van der Waals surface area contributed by atoms with E-state index >= 15 is 0 Å². The average Bonchev–Trinajstić information content (AvgIpc) is 2.67. The molecule has 4 nitrogen and oxygen atoms in total. The van der Waals surface area contributed by atoms with E-state index in [2.05, 4.69) is 24.1 Å². The third-order valence-electron chi connectivity index (χ3n) is 4.52. The third-order valence-corrected chi connectivity index (χ3v) is 4.52. The van der Waals surface area contributed by atoms with Gasteiger partial charge in [-0.3, -0.25) is 4.79 Å². The Balaban J connectivity index is 1.74. The number of carbonyl (C=O) groups excluding carboxylic acids is 1. The van der Waals surface area contributed by atoms with Crippen LogP contribution in [0.25, 0.3) is 0 Å². The molecule has 1 atom stereocenters. The second-order valence-electron chi connectivity index (χ2n) is 7.41. The second kappa shape index (κ2) is 8.14. The zero-order valence-electron chi connectivity index (χ0n) is 13.8. The van der Waals surface area contributed by atoms with E-state index in [1.54, 1.807) is 0 Å². The minimum absolute atomic E-state index is 0.142. The Hall–Kier alpha value is -0.610. The van der Waals surface area contributed by atoms with Crippen LogP contribution in [0.2, 0.25) is 0 Å². The quantitative estimate of drug-likeness (QED) is 0.848. The Bertz CT molecular complexity index is 317. The number of carbonyl (C=O) groups is 1. The molecule has 0 spiro atoms. The van der Waals surface area contributed by atoms with E-state index in [4.69, 9.17) is 4.74 Å². The SMILES string of the molecule is CC(C)(CN1CCCCCC1)NC(=O)C[C@H]1CCCOC1. The van der Waals surface area contributed by atoms with Gasteiger partial charge >= 0.3 is 0 Å². The molecule has 21 heavy (non-hydrogen) atoms. The topological polar surface area (TPSA) is 41.6 Å². The summed E-state index contributed by atoms with van der Waals surface area (Å²) < 4.78 is 5.46. The van der Waals surface area contributed by atoms with Crippen LogP contribution in [-0.4, -0.2) is 49.2 Å². The van der Waals surface area contributed by atoms with Crippen LogP contribution in [0.5, 0.6) is 0 Å². The van der Waals surface area contributed by atoms with Crippen LogP contribution >= 0.6 is 0 Å². The summed E-state index contributed by atoms with van der Waals surface area (Å²) in [7, 11) is 0. The fourth-order valence-electron chi connectivity index (χ4n) is 3.55. The predicted octanol–water partition coefficient (Wildman–Crippen LogP) is 2.57. The highest BCUT2D eigenvalue weighted by Gasteiger charge is 2.26. The Morgan fingerprint density at radius 1 is 1.19 bits per heavy atom. The maximum atomic E-state index is 12.3. The Labute approximate surface area is 129 Å². The number of ether oxygens (including phenoxy) is 1. The van der Waals surface area contributed by atoms with Crippen molar-refractivity contribution in [1.82, 2.24) is 10.2 Å². The molecule has 122 valence electrons. The minimum atomic E-state index is -0.142. The summed E-state index contributed by atoms with van der Waals surface area (Å²) in [6.45, 7) is 9.21. The van der Waals surface area contributed by atoms with E-state index in [-0.39, 0.29) is 11.4 Å². The van der Waals surface area contributed by atoms with Crippen molar-refractivity contribution < 1.29 is 9.53 Å². The van der Waals surface area contributed by atoms with E-state index in [9.17, 15) is 4.79 Å². The van der Waals surface area contributed by atoms with Gasteiger partial charge in [-0.15, -0.1) is 0 Å². The van der Waals surface area contributed by atoms with Gasteiger partial charge in [0.1, 0.15) is 0 Å². The number of nitrogens with zero attached hydrogens (tertiary/aromatic N) is 1. The molecule has 0 aromatic heterocycles. The molecule has 0 radical (unpaired) electrons. The van der Waals surface area contributed by atoms with Crippen LogP contribution < -0.4 is 5.32 Å². The molecular formula is C17H32N2O2. The number of amides is 1. The molecule has 4 heteroatoms. The van der Waals surface area contributed by atoms with Crippen molar-refractivity contribution in [3.8, 4) is 0 Å². The van der Waals surface area contributed by atoms with Crippen LogP contribution in [0.1, 0.15) is 58.8 Å². The molecule has 2 aliphatic heterocycles. The molecule has 2 heterocycles. The highest BCUT2D eigenvalue weighted by atomic mass is 16.5. The van der Waals surface area contributed by atoms with Gasteiger partial charge in [0, 0.05) is 31.7 Å². The normalized spacial score (nSPS) is 25.3. The Morgan fingerprint density at radius 3 is 2.52 bits per heavy atom. The first-order valence-corrected chi connectivity index (χ1v) is 8.66. The lowest BCUT2D eigenvalue weighted by molar-refractivity contribution is -0.124. The summed E-state index contributed by atoms with van der Waals surface area (Å²) in [6.07, 6.45) is 8.13. The van der Waals surface area contributed by atoms with Gasteiger partial charge in [0.15, 0.2) is 0 Å². The zero-order chi connectivity index (χ0) is 15.1. The molecule has 0 aromatic carbocycles. The lowest BCUT2D eigenvalue weighted by Crippen LogP contribution is -2.52. The molecule has 1 N–H and O–H groups in total. The van der Waals surface area contributed by atoms with Gasteiger partial charge in [0.2, 0.25) is 5.91 Å². The first-order chi connectivity index (χ1) is 10.1. The van der Waals surface area contributed by atoms with E-state index in [0.29, 0.717) is 12.3 Å². The molecule has 0 bridgehead atoms. The fraction of sp³-hybridized carbons (Fsp3) is 0.941. The number of nitrogens with one attached hydrogen (secondary N) is 1. The van der Waals surface area contributed by atoms with Crippen LogP contribution in [-0.2, 0) is 9.53 Å². The van der Waals surface area contributed by atoms with Crippen molar-refractivity contribution >= 4 is 5.91 Å². The lowest BCUT2D eigenvalue weighted by atomic mass is 9.97. The van der Waals surface area contributed by atoms with Gasteiger partial charge in [0.05, 0.1) is 0 Å². The Kier molecular flexibility index (Phi) is 6.49. The van der Waals surface area contributed by atoms with Crippen LogP contribution in [0, 0.1) is 5.92 Å². The molecule has 2 aliphatic rings. The van der Waals surface area contributed by atoms with Gasteiger partial charge in [-0.25, -0.2) is 0 Å². The Morgan fingerprint density at radius 2 is 1.90 bits per heavy atom. The first kappa shape index (κ1) is 16.8. The van der Waals surface area contributed by atoms with Gasteiger partial charge in [0.25, 0.3) is 0 Å². The third kappa shape index (κ3) is 6.35. The van der Waals surface area contributed by atoms with Crippen molar-refractivity contribution in [2.75, 3.05) is 32.8 Å². The van der Waals surface area contributed by atoms with Crippen molar-refractivity contribution in [3.05, 3.63) is 0 Å². The maximum Gasteiger partial charge on any atom is 0.220 e. The summed E-state index contributed by atoms with van der Waals surface area (Å²) in [6, 6.07) is 0. The molecule has 0 saturated carbocycles. The minimum Gasteiger partial charge on any atom is -0.381 e. The number of rotatable bonds is 5. The summed E-state index contributed by atoms with van der Waals surface area (Å²) in [5.41, 5.74) is -0.142. The summed E-state index contributed by atoms with van der Waals surface area (Å²) in [5.74, 6) is 0.595. The summed E-state index contributed by atoms with van der Waals surface area (Å²) in [5, 5.41) is 3.24. The maximum absolute atomic E-state index is 12.3. The van der Waals surface area contributed by atoms with E-state index < -0.39 is 0 Å². The molecule has 0 aromatic rings. The van der Waals surface area contributed by atoms with Gasteiger partial charge in [-0.05, 0) is 58.5 Å². The molecule has 0 aliphatic carbocycles. The molecule has 2 saturated heterocycles. The molecule has 0 unspecified atom stereocenters. The highest BCUT2D eigenvalue weighted by Crippen LogP contribution is 2.18. The van der Waals surface area contributed by atoms with Crippen LogP contribution in [0.3, 0.4) is 0 Å². The summed E-state index contributed by atoms with van der Waals surface area (Å²) >= 11 is 0. The van der Waals surface area contributed by atoms with E-state index in [1.165, 1.54) is 38.8 Å². The molecule has 1 amide bonds. The molecule has 2 fully saturated rings. The smallest absolute Gasteiger partial charge is 0.220 e. The van der Waals surface area contributed by atoms with Crippen molar-refractivity contribution in [2.45, 2.75) is 64.3 Å². The molecular weight excluding hydrogens is 264 g/mol. The first-order valence-electron chi connectivity index (χ1n) is 8.66. The van der Waals surface area contributed by atoms with Crippen LogP contribution in [0.15, 0.2) is 0 Å². The van der Waals surface area contributed by atoms with E-state index in [0.717, 1.165) is 32.6 Å². The van der Waals surface area contributed by atoms with Crippen molar-refractivity contribution in [2.24, 2.45) is 5.92 Å². The summed E-state index contributed by atoms with van der Waals surface area (Å²) in [4.78, 5) is 14.8. The fourth-order valence-corrected chi connectivity index (χ4v) is 3.55. The number of hydrogen-bond acceptors (Lipinski definition) is 3. The van der Waals surface area contributed by atoms with Crippen molar-refractivity contribution in [1.29, 1.82) is 0 Å². The average molecular weight is 296 g/mol. The second-order valence-corrected chi connectivity index (χ2v) is 7.41. The lowest BCUT2D eigenvalue weighted by Gasteiger charge is -2.33. The monoisotopic (exact) mass is 296 g/mol.